The van der Waals surface area contributed by atoms with E-state index >= 15 is 0 Å². The van der Waals surface area contributed by atoms with E-state index in [-0.39, 0.29) is 30.5 Å². The van der Waals surface area contributed by atoms with E-state index in [1.165, 1.54) is 0 Å². The number of amides is 1. The Hall–Kier alpha value is -1.30. The average molecular weight is 414 g/mol. The van der Waals surface area contributed by atoms with Crippen LogP contribution in [0.25, 0.3) is 10.8 Å². The number of hydrogen-bond donors (Lipinski definition) is 2. The van der Waals surface area contributed by atoms with Gasteiger partial charge in [-0.1, -0.05) is 28.1 Å². The van der Waals surface area contributed by atoms with E-state index in [9.17, 15) is 4.79 Å². The van der Waals surface area contributed by atoms with Crippen molar-refractivity contribution in [2.75, 3.05) is 13.2 Å². The lowest BCUT2D eigenvalue weighted by Gasteiger charge is -2.29. The van der Waals surface area contributed by atoms with Gasteiger partial charge in [0.25, 0.3) is 5.91 Å². The molecular formula is C18H22BrClN2O2. The van der Waals surface area contributed by atoms with Crippen LogP contribution in [0.1, 0.15) is 19.8 Å². The van der Waals surface area contributed by atoms with Gasteiger partial charge in [-0.2, -0.15) is 0 Å². The topological polar surface area (TPSA) is 64.3 Å². The van der Waals surface area contributed by atoms with Gasteiger partial charge in [0.1, 0.15) is 5.75 Å². The van der Waals surface area contributed by atoms with Gasteiger partial charge in [-0.05, 0) is 60.7 Å². The number of fused-ring (bicyclic) bond motifs is 1. The summed E-state index contributed by atoms with van der Waals surface area (Å²) in [7, 11) is 0. The molecular weight excluding hydrogens is 392 g/mol. The Morgan fingerprint density at radius 1 is 1.29 bits per heavy atom. The third-order valence-electron chi connectivity index (χ3n) is 4.47. The zero-order valence-electron chi connectivity index (χ0n) is 13.5. The number of nitrogens with one attached hydrogen (secondary N) is 1. The van der Waals surface area contributed by atoms with Crippen molar-refractivity contribution in [3.63, 3.8) is 0 Å². The molecule has 1 fully saturated rings. The molecule has 1 aliphatic carbocycles. The molecule has 1 saturated carbocycles. The standard InChI is InChI=1S/C18H21BrN2O2.ClH/c1-18(11-20,14-4-5-14)21-17(22)10-23-16-7-3-12-8-15(19)6-2-13(12)9-16;/h2-3,6-9,14H,4-5,10-11,20H2,1H3,(H,21,22);1H. The molecule has 130 valence electrons. The summed E-state index contributed by atoms with van der Waals surface area (Å²) in [6.07, 6.45) is 2.27. The Labute approximate surface area is 156 Å². The summed E-state index contributed by atoms with van der Waals surface area (Å²) in [6, 6.07) is 11.9. The third-order valence-corrected chi connectivity index (χ3v) is 4.96. The highest BCUT2D eigenvalue weighted by Gasteiger charge is 2.41. The van der Waals surface area contributed by atoms with Crippen LogP contribution in [0.4, 0.5) is 0 Å². The molecule has 24 heavy (non-hydrogen) atoms. The van der Waals surface area contributed by atoms with Gasteiger partial charge >= 0.3 is 0 Å². The summed E-state index contributed by atoms with van der Waals surface area (Å²) < 4.78 is 6.67. The van der Waals surface area contributed by atoms with Crippen LogP contribution in [0.15, 0.2) is 40.9 Å². The Morgan fingerprint density at radius 3 is 2.62 bits per heavy atom. The summed E-state index contributed by atoms with van der Waals surface area (Å²) in [5, 5.41) is 5.23. The maximum Gasteiger partial charge on any atom is 0.258 e. The van der Waals surface area contributed by atoms with Gasteiger partial charge in [0.05, 0.1) is 5.54 Å². The second-order valence-electron chi connectivity index (χ2n) is 6.39. The zero-order chi connectivity index (χ0) is 16.4. The second-order valence-corrected chi connectivity index (χ2v) is 7.30. The molecule has 4 nitrogen and oxygen atoms in total. The Bertz CT molecular complexity index is 736. The van der Waals surface area contributed by atoms with E-state index in [2.05, 4.69) is 21.2 Å². The summed E-state index contributed by atoms with van der Waals surface area (Å²) in [6.45, 7) is 2.47. The second kappa shape index (κ2) is 7.72. The van der Waals surface area contributed by atoms with Gasteiger partial charge < -0.3 is 15.8 Å². The molecule has 3 rings (SSSR count). The third kappa shape index (κ3) is 4.41. The van der Waals surface area contributed by atoms with E-state index in [0.717, 1.165) is 28.1 Å². The summed E-state index contributed by atoms with van der Waals surface area (Å²) in [5.41, 5.74) is 5.51. The molecule has 0 saturated heterocycles. The molecule has 0 aliphatic heterocycles. The quantitative estimate of drug-likeness (QED) is 0.760. The maximum absolute atomic E-state index is 12.1. The van der Waals surface area contributed by atoms with Crippen molar-refractivity contribution >= 4 is 45.0 Å². The summed E-state index contributed by atoms with van der Waals surface area (Å²) in [5.74, 6) is 1.06. The van der Waals surface area contributed by atoms with Gasteiger partial charge in [-0.25, -0.2) is 0 Å². The molecule has 1 aliphatic rings. The van der Waals surface area contributed by atoms with Crippen molar-refractivity contribution in [1.29, 1.82) is 0 Å². The number of benzene rings is 2. The fourth-order valence-electron chi connectivity index (χ4n) is 2.83. The predicted molar refractivity (Wildman–Crippen MR) is 103 cm³/mol. The lowest BCUT2D eigenvalue weighted by molar-refractivity contribution is -0.125. The fourth-order valence-corrected chi connectivity index (χ4v) is 3.21. The first-order valence-electron chi connectivity index (χ1n) is 7.83. The van der Waals surface area contributed by atoms with Crippen LogP contribution >= 0.6 is 28.3 Å². The van der Waals surface area contributed by atoms with Gasteiger partial charge in [0, 0.05) is 11.0 Å². The number of carbonyl (C=O) groups excluding carboxylic acids is 1. The smallest absolute Gasteiger partial charge is 0.258 e. The van der Waals surface area contributed by atoms with Crippen LogP contribution < -0.4 is 15.8 Å². The van der Waals surface area contributed by atoms with Crippen molar-refractivity contribution in [1.82, 2.24) is 5.32 Å². The molecule has 0 heterocycles. The molecule has 2 aromatic carbocycles. The number of carbonyl (C=O) groups is 1. The largest absolute Gasteiger partial charge is 0.484 e. The van der Waals surface area contributed by atoms with Crippen LogP contribution in [-0.2, 0) is 4.79 Å². The highest BCUT2D eigenvalue weighted by molar-refractivity contribution is 9.10. The van der Waals surface area contributed by atoms with Crippen molar-refractivity contribution in [2.45, 2.75) is 25.3 Å². The molecule has 1 amide bonds. The minimum atomic E-state index is -0.309. The van der Waals surface area contributed by atoms with E-state index in [1.807, 2.05) is 43.3 Å². The maximum atomic E-state index is 12.1. The first-order chi connectivity index (χ1) is 11.0. The number of halogens is 2. The molecule has 0 radical (unpaired) electrons. The molecule has 2 aromatic rings. The monoisotopic (exact) mass is 412 g/mol. The first kappa shape index (κ1) is 19.0. The molecule has 0 spiro atoms. The van der Waals surface area contributed by atoms with E-state index in [0.29, 0.717) is 18.2 Å². The lowest BCUT2D eigenvalue weighted by Crippen LogP contribution is -2.54. The molecule has 3 N–H and O–H groups in total. The predicted octanol–water partition coefficient (Wildman–Crippen LogP) is 3.65. The van der Waals surface area contributed by atoms with Gasteiger partial charge in [-0.15, -0.1) is 12.4 Å². The van der Waals surface area contributed by atoms with Crippen molar-refractivity contribution in [2.24, 2.45) is 11.7 Å². The van der Waals surface area contributed by atoms with Crippen LogP contribution in [0, 0.1) is 5.92 Å². The summed E-state index contributed by atoms with van der Waals surface area (Å²) in [4.78, 5) is 12.1. The van der Waals surface area contributed by atoms with E-state index < -0.39 is 0 Å². The molecule has 1 atom stereocenters. The highest BCUT2D eigenvalue weighted by atomic mass is 79.9. The number of rotatable bonds is 6. The van der Waals surface area contributed by atoms with E-state index in [1.54, 1.807) is 0 Å². The minimum absolute atomic E-state index is 0. The fraction of sp³-hybridized carbons (Fsp3) is 0.389. The van der Waals surface area contributed by atoms with Crippen LogP contribution in [0.3, 0.4) is 0 Å². The minimum Gasteiger partial charge on any atom is -0.484 e. The SMILES string of the molecule is CC(CN)(NC(=O)COc1ccc2cc(Br)ccc2c1)C1CC1.Cl. The Balaban J connectivity index is 0.00000208. The Kier molecular flexibility index (Phi) is 6.12. The summed E-state index contributed by atoms with van der Waals surface area (Å²) >= 11 is 3.46. The van der Waals surface area contributed by atoms with Crippen molar-refractivity contribution in [3.8, 4) is 5.75 Å². The van der Waals surface area contributed by atoms with Gasteiger partial charge in [-0.3, -0.25) is 4.79 Å². The van der Waals surface area contributed by atoms with Crippen molar-refractivity contribution < 1.29 is 9.53 Å². The molecule has 1 unspecified atom stereocenters. The van der Waals surface area contributed by atoms with Crippen LogP contribution in [-0.4, -0.2) is 24.6 Å². The highest BCUT2D eigenvalue weighted by Crippen LogP contribution is 2.38. The number of ether oxygens (including phenoxy) is 1. The molecule has 0 bridgehead atoms. The normalized spacial score (nSPS) is 16.1. The zero-order valence-corrected chi connectivity index (χ0v) is 16.0. The number of hydrogen-bond acceptors (Lipinski definition) is 3. The molecule has 0 aromatic heterocycles. The van der Waals surface area contributed by atoms with Gasteiger partial charge in [0.15, 0.2) is 6.61 Å². The first-order valence-corrected chi connectivity index (χ1v) is 8.63. The van der Waals surface area contributed by atoms with Crippen LogP contribution in [0.2, 0.25) is 0 Å². The van der Waals surface area contributed by atoms with E-state index in [4.69, 9.17) is 10.5 Å². The van der Waals surface area contributed by atoms with Crippen LogP contribution in [0.5, 0.6) is 5.75 Å². The Morgan fingerprint density at radius 2 is 1.96 bits per heavy atom. The van der Waals surface area contributed by atoms with Gasteiger partial charge in [0.2, 0.25) is 0 Å². The molecule has 6 heteroatoms. The van der Waals surface area contributed by atoms with Crippen molar-refractivity contribution in [3.05, 3.63) is 40.9 Å². The number of nitrogens with two attached hydrogens (primary N) is 1. The lowest BCUT2D eigenvalue weighted by atomic mass is 9.96. The average Bonchev–Trinajstić information content (AvgIpc) is 3.38.